The molecule has 0 nitrogen and oxygen atoms in total. The summed E-state index contributed by atoms with van der Waals surface area (Å²) in [6.45, 7) is 4.45. The standard InChI is InChI=1S/C10H12/c1-7-3-4-10-8(2)6-9(10)5-7/h3-5,8H,6H2,1-2H3/t8-/m0/s1. The van der Waals surface area contributed by atoms with E-state index < -0.39 is 0 Å². The minimum atomic E-state index is 0.815. The van der Waals surface area contributed by atoms with Gasteiger partial charge in [0.25, 0.3) is 0 Å². The van der Waals surface area contributed by atoms with Crippen LogP contribution in [0.4, 0.5) is 0 Å². The number of aryl methyl sites for hydroxylation is 1. The molecule has 0 amide bonds. The molecule has 1 aliphatic carbocycles. The van der Waals surface area contributed by atoms with E-state index in [1.54, 1.807) is 11.1 Å². The van der Waals surface area contributed by atoms with Gasteiger partial charge in [0.2, 0.25) is 0 Å². The fourth-order valence-electron chi connectivity index (χ4n) is 1.70. The quantitative estimate of drug-likeness (QED) is 0.509. The molecule has 1 aromatic carbocycles. The Morgan fingerprint density at radius 2 is 2.20 bits per heavy atom. The summed E-state index contributed by atoms with van der Waals surface area (Å²) in [5.41, 5.74) is 4.52. The Bertz CT molecular complexity index is 261. The lowest BCUT2D eigenvalue weighted by Crippen LogP contribution is -2.13. The maximum absolute atomic E-state index is 2.30. The van der Waals surface area contributed by atoms with E-state index in [1.165, 1.54) is 12.0 Å². The summed E-state index contributed by atoms with van der Waals surface area (Å²) in [6.07, 6.45) is 1.29. The van der Waals surface area contributed by atoms with Crippen LogP contribution in [0.2, 0.25) is 0 Å². The zero-order valence-electron chi connectivity index (χ0n) is 6.52. The van der Waals surface area contributed by atoms with Crippen molar-refractivity contribution >= 4 is 0 Å². The van der Waals surface area contributed by atoms with E-state index >= 15 is 0 Å². The number of hydrogen-bond donors (Lipinski definition) is 0. The molecule has 1 aromatic rings. The Morgan fingerprint density at radius 1 is 1.40 bits per heavy atom. The van der Waals surface area contributed by atoms with Gasteiger partial charge in [-0.15, -0.1) is 0 Å². The summed E-state index contributed by atoms with van der Waals surface area (Å²) in [7, 11) is 0. The lowest BCUT2D eigenvalue weighted by molar-refractivity contribution is 0.666. The van der Waals surface area contributed by atoms with Crippen molar-refractivity contribution in [1.82, 2.24) is 0 Å². The molecule has 1 aliphatic rings. The maximum Gasteiger partial charge on any atom is -0.0147 e. The lowest BCUT2D eigenvalue weighted by Gasteiger charge is -2.26. The summed E-state index contributed by atoms with van der Waals surface area (Å²) in [5.74, 6) is 0.815. The largest absolute Gasteiger partial charge is 0.0590 e. The molecule has 0 saturated heterocycles. The van der Waals surface area contributed by atoms with Crippen LogP contribution < -0.4 is 0 Å². The highest BCUT2D eigenvalue weighted by Gasteiger charge is 2.20. The Labute approximate surface area is 61.9 Å². The molecule has 1 atom stereocenters. The van der Waals surface area contributed by atoms with Crippen LogP contribution in [0.3, 0.4) is 0 Å². The first-order valence-electron chi connectivity index (χ1n) is 3.87. The molecule has 0 saturated carbocycles. The fourth-order valence-corrected chi connectivity index (χ4v) is 1.70. The van der Waals surface area contributed by atoms with Gasteiger partial charge in [-0.2, -0.15) is 0 Å². The number of fused-ring (bicyclic) bond motifs is 1. The van der Waals surface area contributed by atoms with Gasteiger partial charge in [0.05, 0.1) is 0 Å². The Morgan fingerprint density at radius 3 is 2.80 bits per heavy atom. The van der Waals surface area contributed by atoms with E-state index in [9.17, 15) is 0 Å². The van der Waals surface area contributed by atoms with Crippen molar-refractivity contribution < 1.29 is 0 Å². The Kier molecular flexibility index (Phi) is 1.10. The number of benzene rings is 1. The van der Waals surface area contributed by atoms with Gasteiger partial charge < -0.3 is 0 Å². The Hall–Kier alpha value is -0.780. The molecule has 0 heteroatoms. The van der Waals surface area contributed by atoms with E-state index in [0.717, 1.165) is 5.92 Å². The first-order valence-corrected chi connectivity index (χ1v) is 3.87. The summed E-state index contributed by atoms with van der Waals surface area (Å²) < 4.78 is 0. The third-order valence-corrected chi connectivity index (χ3v) is 2.36. The topological polar surface area (TPSA) is 0 Å². The summed E-state index contributed by atoms with van der Waals surface area (Å²) in [5, 5.41) is 0. The number of rotatable bonds is 0. The molecule has 0 unspecified atom stereocenters. The predicted octanol–water partition coefficient (Wildman–Crippen LogP) is 2.65. The first-order chi connectivity index (χ1) is 4.77. The third-order valence-electron chi connectivity index (χ3n) is 2.36. The van der Waals surface area contributed by atoms with E-state index in [-0.39, 0.29) is 0 Å². The minimum Gasteiger partial charge on any atom is -0.0590 e. The van der Waals surface area contributed by atoms with E-state index in [0.29, 0.717) is 0 Å². The first kappa shape index (κ1) is 5.96. The molecule has 2 rings (SSSR count). The van der Waals surface area contributed by atoms with Gasteiger partial charge in [0.15, 0.2) is 0 Å². The van der Waals surface area contributed by atoms with Gasteiger partial charge in [-0.05, 0) is 30.4 Å². The second-order valence-corrected chi connectivity index (χ2v) is 3.31. The summed E-state index contributed by atoms with van der Waals surface area (Å²) in [4.78, 5) is 0. The molecule has 0 heterocycles. The molecule has 0 bridgehead atoms. The molecular formula is C10H12. The van der Waals surface area contributed by atoms with Crippen LogP contribution in [0.5, 0.6) is 0 Å². The van der Waals surface area contributed by atoms with Crippen molar-refractivity contribution in [3.63, 3.8) is 0 Å². The van der Waals surface area contributed by atoms with Crippen LogP contribution in [0.25, 0.3) is 0 Å². The van der Waals surface area contributed by atoms with Gasteiger partial charge in [0, 0.05) is 0 Å². The monoisotopic (exact) mass is 132 g/mol. The zero-order chi connectivity index (χ0) is 7.14. The van der Waals surface area contributed by atoms with Gasteiger partial charge in [-0.1, -0.05) is 30.7 Å². The SMILES string of the molecule is Cc1ccc2c(c1)C[C@@H]2C. The van der Waals surface area contributed by atoms with Gasteiger partial charge >= 0.3 is 0 Å². The zero-order valence-corrected chi connectivity index (χ0v) is 6.52. The molecule has 0 N–H and O–H groups in total. The van der Waals surface area contributed by atoms with Gasteiger partial charge in [-0.25, -0.2) is 0 Å². The average Bonchev–Trinajstić information content (AvgIpc) is 1.86. The predicted molar refractivity (Wildman–Crippen MR) is 43.3 cm³/mol. The van der Waals surface area contributed by atoms with E-state index in [4.69, 9.17) is 0 Å². The maximum atomic E-state index is 2.30. The van der Waals surface area contributed by atoms with Gasteiger partial charge in [-0.3, -0.25) is 0 Å². The van der Waals surface area contributed by atoms with Crippen LogP contribution in [-0.4, -0.2) is 0 Å². The van der Waals surface area contributed by atoms with Crippen molar-refractivity contribution in [2.24, 2.45) is 0 Å². The van der Waals surface area contributed by atoms with Crippen molar-refractivity contribution in [1.29, 1.82) is 0 Å². The van der Waals surface area contributed by atoms with Crippen molar-refractivity contribution in [3.8, 4) is 0 Å². The summed E-state index contributed by atoms with van der Waals surface area (Å²) >= 11 is 0. The molecule has 0 aliphatic heterocycles. The van der Waals surface area contributed by atoms with Crippen molar-refractivity contribution in [2.75, 3.05) is 0 Å². The van der Waals surface area contributed by atoms with Crippen molar-refractivity contribution in [2.45, 2.75) is 26.2 Å². The molecule has 0 radical (unpaired) electrons. The van der Waals surface area contributed by atoms with Crippen LogP contribution in [-0.2, 0) is 6.42 Å². The van der Waals surface area contributed by atoms with E-state index in [2.05, 4.69) is 32.0 Å². The van der Waals surface area contributed by atoms with Crippen LogP contribution in [0.15, 0.2) is 18.2 Å². The van der Waals surface area contributed by atoms with Crippen molar-refractivity contribution in [3.05, 3.63) is 34.9 Å². The highest BCUT2D eigenvalue weighted by atomic mass is 14.2. The van der Waals surface area contributed by atoms with Crippen LogP contribution in [0, 0.1) is 6.92 Å². The molecule has 0 fully saturated rings. The van der Waals surface area contributed by atoms with Crippen LogP contribution >= 0.6 is 0 Å². The molecular weight excluding hydrogens is 120 g/mol. The fraction of sp³-hybridized carbons (Fsp3) is 0.400. The normalized spacial score (nSPS) is 21.6. The van der Waals surface area contributed by atoms with Crippen LogP contribution in [0.1, 0.15) is 29.5 Å². The van der Waals surface area contributed by atoms with Gasteiger partial charge in [0.1, 0.15) is 0 Å². The highest BCUT2D eigenvalue weighted by Crippen LogP contribution is 2.34. The highest BCUT2D eigenvalue weighted by molar-refractivity contribution is 5.41. The second kappa shape index (κ2) is 1.85. The summed E-state index contributed by atoms with van der Waals surface area (Å²) in [6, 6.07) is 6.77. The molecule has 0 spiro atoms. The smallest absolute Gasteiger partial charge is 0.0147 e. The Balaban J connectivity index is 2.49. The number of hydrogen-bond acceptors (Lipinski definition) is 0. The molecule has 0 aromatic heterocycles. The average molecular weight is 132 g/mol. The second-order valence-electron chi connectivity index (χ2n) is 3.31. The molecule has 52 valence electrons. The third kappa shape index (κ3) is 0.683. The molecule has 10 heavy (non-hydrogen) atoms. The minimum absolute atomic E-state index is 0.815. The lowest BCUT2D eigenvalue weighted by atomic mass is 9.78. The van der Waals surface area contributed by atoms with E-state index in [1.807, 2.05) is 0 Å².